The van der Waals surface area contributed by atoms with E-state index in [1.54, 1.807) is 0 Å². The molecule has 186 valence electrons. The maximum absolute atomic E-state index is 12.0. The normalized spacial score (nSPS) is 14.0. The van der Waals surface area contributed by atoms with Gasteiger partial charge in [-0.2, -0.15) is 0 Å². The monoisotopic (exact) mass is 496 g/mol. The molecule has 0 rings (SSSR count). The first-order valence-corrected chi connectivity index (χ1v) is 21.9. The summed E-state index contributed by atoms with van der Waals surface area (Å²) in [5.41, 5.74) is 2.32. The lowest BCUT2D eigenvalue weighted by Gasteiger charge is -2.47. The fraction of sp³-hybridized carbons (Fsp3) is 0.731. The van der Waals surface area contributed by atoms with Crippen LogP contribution in [0, 0.1) is 0 Å². The standard InChI is InChI=1S/C26H52O3Si3/c1-11-28-25(27)20-19-24(29-21-18-22-30(8,9)10)23-26(31(12-2,13-3)14-4)32(15-5,16-6)17-7/h18-20,22-23,26H,11-17,21H2,1-10H3/b20-19+,22-18+,24-23-. The number of rotatable bonds is 16. The average Bonchev–Trinajstić information content (AvgIpc) is 2.77. The van der Waals surface area contributed by atoms with Crippen LogP contribution in [-0.2, 0) is 14.3 Å². The predicted molar refractivity (Wildman–Crippen MR) is 150 cm³/mol. The summed E-state index contributed by atoms with van der Waals surface area (Å²) in [6.07, 6.45) is 8.01. The molecule has 0 radical (unpaired) electrons. The highest BCUT2D eigenvalue weighted by Crippen LogP contribution is 2.46. The Hall–Kier alpha value is -0.859. The van der Waals surface area contributed by atoms with E-state index in [1.165, 1.54) is 42.3 Å². The van der Waals surface area contributed by atoms with E-state index in [-0.39, 0.29) is 5.97 Å². The lowest BCUT2D eigenvalue weighted by atomic mass is 10.4. The average molecular weight is 497 g/mol. The van der Waals surface area contributed by atoms with E-state index in [0.717, 1.165) is 5.76 Å². The summed E-state index contributed by atoms with van der Waals surface area (Å²) in [4.78, 5) is 12.0. The summed E-state index contributed by atoms with van der Waals surface area (Å²) < 4.78 is 11.4. The van der Waals surface area contributed by atoms with Gasteiger partial charge in [-0.1, -0.05) is 109 Å². The van der Waals surface area contributed by atoms with Crippen molar-refractivity contribution in [3.8, 4) is 0 Å². The van der Waals surface area contributed by atoms with Gasteiger partial charge in [0.15, 0.2) is 0 Å². The molecule has 0 aromatic heterocycles. The molecule has 0 heterocycles. The molecule has 0 bridgehead atoms. The number of esters is 1. The Kier molecular flexibility index (Phi) is 14.7. The quantitative estimate of drug-likeness (QED) is 0.0707. The Morgan fingerprint density at radius 3 is 1.59 bits per heavy atom. The van der Waals surface area contributed by atoms with Gasteiger partial charge in [0, 0.05) is 6.08 Å². The van der Waals surface area contributed by atoms with Crippen LogP contribution in [0.15, 0.2) is 35.8 Å². The van der Waals surface area contributed by atoms with Crippen molar-refractivity contribution in [3.05, 3.63) is 35.8 Å². The topological polar surface area (TPSA) is 35.5 Å². The van der Waals surface area contributed by atoms with E-state index in [9.17, 15) is 4.79 Å². The van der Waals surface area contributed by atoms with Gasteiger partial charge in [0.2, 0.25) is 0 Å². The van der Waals surface area contributed by atoms with Crippen LogP contribution in [0.3, 0.4) is 0 Å². The zero-order valence-electron chi connectivity index (χ0n) is 22.8. The molecule has 0 spiro atoms. The first kappa shape index (κ1) is 31.1. The van der Waals surface area contributed by atoms with Crippen molar-refractivity contribution < 1.29 is 14.3 Å². The highest BCUT2D eigenvalue weighted by atomic mass is 28.4. The predicted octanol–water partition coefficient (Wildman–Crippen LogP) is 8.37. The number of hydrogen-bond acceptors (Lipinski definition) is 3. The van der Waals surface area contributed by atoms with Crippen molar-refractivity contribution in [2.75, 3.05) is 13.2 Å². The fourth-order valence-corrected chi connectivity index (χ4v) is 21.4. The summed E-state index contributed by atoms with van der Waals surface area (Å²) in [5, 5.41) is 0.651. The van der Waals surface area contributed by atoms with E-state index in [1.807, 2.05) is 13.0 Å². The summed E-state index contributed by atoms with van der Waals surface area (Å²) in [7, 11) is -4.29. The van der Waals surface area contributed by atoms with Crippen LogP contribution < -0.4 is 0 Å². The van der Waals surface area contributed by atoms with Gasteiger partial charge in [0.05, 0.1) is 30.8 Å². The fourth-order valence-electron chi connectivity index (χ4n) is 5.03. The van der Waals surface area contributed by atoms with Crippen LogP contribution in [0.25, 0.3) is 0 Å². The van der Waals surface area contributed by atoms with Gasteiger partial charge in [-0.15, -0.1) is 0 Å². The van der Waals surface area contributed by atoms with Crippen molar-refractivity contribution in [2.24, 2.45) is 0 Å². The molecule has 0 aliphatic carbocycles. The smallest absolute Gasteiger partial charge is 0.330 e. The third kappa shape index (κ3) is 9.56. The number of carbonyl (C=O) groups is 1. The van der Waals surface area contributed by atoms with Gasteiger partial charge in [-0.05, 0) is 24.2 Å². The maximum atomic E-state index is 12.0. The largest absolute Gasteiger partial charge is 0.490 e. The van der Waals surface area contributed by atoms with Gasteiger partial charge in [0.1, 0.15) is 12.4 Å². The second-order valence-corrected chi connectivity index (χ2v) is 26.6. The number of carbonyl (C=O) groups excluding carboxylic acids is 1. The molecule has 6 heteroatoms. The maximum Gasteiger partial charge on any atom is 0.330 e. The first-order valence-electron chi connectivity index (χ1n) is 12.9. The van der Waals surface area contributed by atoms with Gasteiger partial charge >= 0.3 is 5.97 Å². The molecule has 0 aromatic carbocycles. The molecule has 0 atom stereocenters. The van der Waals surface area contributed by atoms with Crippen molar-refractivity contribution in [3.63, 3.8) is 0 Å². The van der Waals surface area contributed by atoms with Crippen LogP contribution in [0.4, 0.5) is 0 Å². The second-order valence-electron chi connectivity index (χ2n) is 10.1. The summed E-state index contributed by atoms with van der Waals surface area (Å²) in [5.74, 6) is 0.550. The van der Waals surface area contributed by atoms with E-state index < -0.39 is 24.2 Å². The van der Waals surface area contributed by atoms with Crippen molar-refractivity contribution in [1.29, 1.82) is 0 Å². The minimum absolute atomic E-state index is 0.300. The van der Waals surface area contributed by atoms with Gasteiger partial charge in [-0.3, -0.25) is 0 Å². The molecule has 0 saturated heterocycles. The number of allylic oxidation sites excluding steroid dienone is 2. The van der Waals surface area contributed by atoms with Crippen LogP contribution in [0.2, 0.25) is 61.1 Å². The molecular formula is C26H52O3Si3. The molecule has 32 heavy (non-hydrogen) atoms. The SMILES string of the molecule is CCOC(=O)/C=C/C(=C/C([Si](CC)(CC)CC)[Si](CC)(CC)CC)OC/C=C/[Si](C)(C)C. The van der Waals surface area contributed by atoms with Crippen molar-refractivity contribution in [2.45, 2.75) is 110 Å². The molecule has 0 aliphatic rings. The van der Waals surface area contributed by atoms with Crippen molar-refractivity contribution in [1.82, 2.24) is 0 Å². The Balaban J connectivity index is 6.42. The molecule has 0 amide bonds. The van der Waals surface area contributed by atoms with Gasteiger partial charge in [0.25, 0.3) is 0 Å². The summed E-state index contributed by atoms with van der Waals surface area (Å²) >= 11 is 0. The second kappa shape index (κ2) is 15.1. The molecule has 3 nitrogen and oxygen atoms in total. The van der Waals surface area contributed by atoms with E-state index in [2.05, 4.69) is 79.0 Å². The Bertz CT molecular complexity index is 588. The van der Waals surface area contributed by atoms with Crippen molar-refractivity contribution >= 4 is 30.2 Å². The molecular weight excluding hydrogens is 445 g/mol. The molecule has 0 fully saturated rings. The third-order valence-corrected chi connectivity index (χ3v) is 23.8. The molecule has 0 aromatic rings. The zero-order valence-corrected chi connectivity index (χ0v) is 25.8. The third-order valence-electron chi connectivity index (χ3n) is 7.51. The van der Waals surface area contributed by atoms with Gasteiger partial charge < -0.3 is 9.47 Å². The first-order chi connectivity index (χ1) is 15.0. The van der Waals surface area contributed by atoms with Crippen LogP contribution in [0.1, 0.15) is 48.5 Å². The number of hydrogen-bond donors (Lipinski definition) is 0. The summed E-state index contributed by atoms with van der Waals surface area (Å²) in [6, 6.07) is 7.84. The highest BCUT2D eigenvalue weighted by molar-refractivity contribution is 7.00. The van der Waals surface area contributed by atoms with E-state index >= 15 is 0 Å². The number of ether oxygens (including phenoxy) is 2. The van der Waals surface area contributed by atoms with E-state index in [0.29, 0.717) is 18.4 Å². The highest BCUT2D eigenvalue weighted by Gasteiger charge is 2.47. The Morgan fingerprint density at radius 1 is 0.750 bits per heavy atom. The molecule has 0 saturated carbocycles. The minimum atomic E-state index is -1.51. The zero-order chi connectivity index (χ0) is 24.8. The lowest BCUT2D eigenvalue weighted by Crippen LogP contribution is -2.52. The Labute approximate surface area is 202 Å². The summed E-state index contributed by atoms with van der Waals surface area (Å²) in [6.45, 7) is 24.2. The van der Waals surface area contributed by atoms with E-state index in [4.69, 9.17) is 9.47 Å². The lowest BCUT2D eigenvalue weighted by molar-refractivity contribution is -0.137. The Morgan fingerprint density at radius 2 is 1.22 bits per heavy atom. The molecule has 0 unspecified atom stereocenters. The van der Waals surface area contributed by atoms with Crippen LogP contribution in [-0.4, -0.2) is 43.4 Å². The van der Waals surface area contributed by atoms with Crippen LogP contribution in [0.5, 0.6) is 0 Å². The minimum Gasteiger partial charge on any atom is -0.490 e. The molecule has 0 N–H and O–H groups in total. The van der Waals surface area contributed by atoms with Crippen LogP contribution >= 0.6 is 0 Å². The van der Waals surface area contributed by atoms with Gasteiger partial charge in [-0.25, -0.2) is 4.79 Å². The molecule has 0 aliphatic heterocycles.